The molecule has 1 aliphatic rings. The number of carbonyl (C=O) groups is 1. The molecule has 5 nitrogen and oxygen atoms in total. The van der Waals surface area contributed by atoms with E-state index < -0.39 is 6.10 Å². The van der Waals surface area contributed by atoms with Crippen molar-refractivity contribution in [3.63, 3.8) is 0 Å². The summed E-state index contributed by atoms with van der Waals surface area (Å²) in [6, 6.07) is 5.08. The van der Waals surface area contributed by atoms with Gasteiger partial charge < -0.3 is 19.9 Å². The minimum atomic E-state index is -0.494. The lowest BCUT2D eigenvalue weighted by atomic mass is 10.1. The highest BCUT2D eigenvalue weighted by Gasteiger charge is 2.15. The predicted octanol–water partition coefficient (Wildman–Crippen LogP) is 1.35. The number of rotatable bonds is 5. The Morgan fingerprint density at radius 3 is 2.84 bits per heavy atom. The van der Waals surface area contributed by atoms with Crippen LogP contribution in [0, 0.1) is 0 Å². The van der Waals surface area contributed by atoms with Crippen molar-refractivity contribution in [3.8, 4) is 11.5 Å². The molecular weight excluding hydrogens is 246 g/mol. The van der Waals surface area contributed by atoms with Gasteiger partial charge in [-0.25, -0.2) is 0 Å². The summed E-state index contributed by atoms with van der Waals surface area (Å²) < 4.78 is 10.8. The van der Waals surface area contributed by atoms with Gasteiger partial charge in [-0.2, -0.15) is 0 Å². The predicted molar refractivity (Wildman–Crippen MR) is 70.7 cm³/mol. The minimum absolute atomic E-state index is 0.216. The van der Waals surface area contributed by atoms with Gasteiger partial charge in [0, 0.05) is 12.1 Å². The topological polar surface area (TPSA) is 67.8 Å². The van der Waals surface area contributed by atoms with Crippen molar-refractivity contribution >= 4 is 5.91 Å². The minimum Gasteiger partial charge on any atom is -0.486 e. The summed E-state index contributed by atoms with van der Waals surface area (Å²) in [4.78, 5) is 11.9. The van der Waals surface area contributed by atoms with E-state index in [1.165, 1.54) is 0 Å². The smallest absolute Gasteiger partial charge is 0.251 e. The Labute approximate surface area is 112 Å². The van der Waals surface area contributed by atoms with Gasteiger partial charge in [-0.1, -0.05) is 13.3 Å². The lowest BCUT2D eigenvalue weighted by Gasteiger charge is -2.19. The first-order chi connectivity index (χ1) is 9.20. The van der Waals surface area contributed by atoms with E-state index in [1.807, 2.05) is 6.92 Å². The van der Waals surface area contributed by atoms with Gasteiger partial charge in [0.1, 0.15) is 13.2 Å². The number of nitrogens with one attached hydrogen (secondary N) is 1. The summed E-state index contributed by atoms with van der Waals surface area (Å²) in [5.74, 6) is 1.04. The van der Waals surface area contributed by atoms with Gasteiger partial charge in [0.2, 0.25) is 0 Å². The van der Waals surface area contributed by atoms with Gasteiger partial charge in [0.15, 0.2) is 11.5 Å². The summed E-state index contributed by atoms with van der Waals surface area (Å²) in [5.41, 5.74) is 0.507. The van der Waals surface area contributed by atoms with Crippen molar-refractivity contribution in [2.24, 2.45) is 0 Å². The first kappa shape index (κ1) is 13.7. The van der Waals surface area contributed by atoms with Crippen LogP contribution in [-0.4, -0.2) is 36.9 Å². The Morgan fingerprint density at radius 2 is 2.11 bits per heavy atom. The molecule has 0 saturated heterocycles. The van der Waals surface area contributed by atoms with Crippen LogP contribution in [0.3, 0.4) is 0 Å². The lowest BCUT2D eigenvalue weighted by Crippen LogP contribution is -2.32. The number of aliphatic hydroxyl groups excluding tert-OH is 1. The molecule has 1 unspecified atom stereocenters. The monoisotopic (exact) mass is 265 g/mol. The molecule has 0 saturated carbocycles. The van der Waals surface area contributed by atoms with Crippen LogP contribution in [0.2, 0.25) is 0 Å². The fourth-order valence-electron chi connectivity index (χ4n) is 1.93. The van der Waals surface area contributed by atoms with Crippen LogP contribution < -0.4 is 14.8 Å². The summed E-state index contributed by atoms with van der Waals surface area (Å²) in [5, 5.41) is 12.3. The highest BCUT2D eigenvalue weighted by Crippen LogP contribution is 2.30. The summed E-state index contributed by atoms with van der Waals surface area (Å²) in [6.07, 6.45) is 1.08. The van der Waals surface area contributed by atoms with E-state index in [1.54, 1.807) is 18.2 Å². The van der Waals surface area contributed by atoms with Gasteiger partial charge >= 0.3 is 0 Å². The number of amides is 1. The molecule has 0 aliphatic carbocycles. The van der Waals surface area contributed by atoms with E-state index in [-0.39, 0.29) is 12.5 Å². The van der Waals surface area contributed by atoms with Crippen LogP contribution in [0.4, 0.5) is 0 Å². The van der Waals surface area contributed by atoms with Crippen molar-refractivity contribution in [1.29, 1.82) is 0 Å². The molecule has 1 aromatic rings. The molecule has 0 bridgehead atoms. The normalized spacial score (nSPS) is 14.8. The van der Waals surface area contributed by atoms with E-state index in [9.17, 15) is 9.90 Å². The zero-order valence-electron chi connectivity index (χ0n) is 11.0. The van der Waals surface area contributed by atoms with E-state index in [4.69, 9.17) is 9.47 Å². The molecular formula is C14H19NO4. The number of ether oxygens (including phenoxy) is 2. The maximum absolute atomic E-state index is 11.9. The van der Waals surface area contributed by atoms with Crippen molar-refractivity contribution in [3.05, 3.63) is 23.8 Å². The van der Waals surface area contributed by atoms with Gasteiger partial charge in [-0.05, 0) is 24.6 Å². The second-order valence-corrected chi connectivity index (χ2v) is 4.51. The molecule has 2 N–H and O–H groups in total. The van der Waals surface area contributed by atoms with E-state index in [2.05, 4.69) is 5.32 Å². The fraction of sp³-hybridized carbons (Fsp3) is 0.500. The van der Waals surface area contributed by atoms with E-state index in [0.29, 0.717) is 36.7 Å². The second kappa shape index (κ2) is 6.43. The van der Waals surface area contributed by atoms with Crippen molar-refractivity contribution in [2.45, 2.75) is 25.9 Å². The largest absolute Gasteiger partial charge is 0.486 e. The SMILES string of the molecule is CCCC(O)CNC(=O)c1ccc2c(c1)OCCO2. The van der Waals surface area contributed by atoms with Crippen molar-refractivity contribution < 1.29 is 19.4 Å². The van der Waals surface area contributed by atoms with Crippen LogP contribution >= 0.6 is 0 Å². The summed E-state index contributed by atoms with van der Waals surface area (Å²) in [6.45, 7) is 3.28. The Hall–Kier alpha value is -1.75. The average molecular weight is 265 g/mol. The van der Waals surface area contributed by atoms with Crippen LogP contribution in [-0.2, 0) is 0 Å². The van der Waals surface area contributed by atoms with Crippen LogP contribution in [0.25, 0.3) is 0 Å². The Kier molecular flexibility index (Phi) is 4.63. The zero-order valence-corrected chi connectivity index (χ0v) is 11.0. The third-order valence-corrected chi connectivity index (χ3v) is 2.92. The molecule has 1 aliphatic heterocycles. The molecule has 5 heteroatoms. The quantitative estimate of drug-likeness (QED) is 0.843. The number of hydrogen-bond donors (Lipinski definition) is 2. The Bertz CT molecular complexity index is 447. The fourth-order valence-corrected chi connectivity index (χ4v) is 1.93. The van der Waals surface area contributed by atoms with E-state index >= 15 is 0 Å². The Balaban J connectivity index is 1.95. The first-order valence-electron chi connectivity index (χ1n) is 6.56. The number of aliphatic hydroxyl groups is 1. The molecule has 1 aromatic carbocycles. The second-order valence-electron chi connectivity index (χ2n) is 4.51. The zero-order chi connectivity index (χ0) is 13.7. The standard InChI is InChI=1S/C14H19NO4/c1-2-3-11(16)9-15-14(17)10-4-5-12-13(8-10)19-7-6-18-12/h4-5,8,11,16H,2-3,6-7,9H2,1H3,(H,15,17). The number of carbonyl (C=O) groups excluding carboxylic acids is 1. The molecule has 104 valence electrons. The molecule has 1 atom stereocenters. The maximum atomic E-state index is 11.9. The molecule has 0 radical (unpaired) electrons. The summed E-state index contributed by atoms with van der Waals surface area (Å²) >= 11 is 0. The number of hydrogen-bond acceptors (Lipinski definition) is 4. The summed E-state index contributed by atoms with van der Waals surface area (Å²) in [7, 11) is 0. The number of fused-ring (bicyclic) bond motifs is 1. The first-order valence-corrected chi connectivity index (χ1v) is 6.56. The van der Waals surface area contributed by atoms with E-state index in [0.717, 1.165) is 6.42 Å². The van der Waals surface area contributed by atoms with Gasteiger partial charge in [0.25, 0.3) is 5.91 Å². The highest BCUT2D eigenvalue weighted by molar-refractivity contribution is 5.94. The van der Waals surface area contributed by atoms with Crippen molar-refractivity contribution in [2.75, 3.05) is 19.8 Å². The average Bonchev–Trinajstić information content (AvgIpc) is 2.44. The van der Waals surface area contributed by atoms with Gasteiger partial charge in [-0.15, -0.1) is 0 Å². The molecule has 2 rings (SSSR count). The molecule has 0 aromatic heterocycles. The maximum Gasteiger partial charge on any atom is 0.251 e. The van der Waals surface area contributed by atoms with Gasteiger partial charge in [0.05, 0.1) is 6.10 Å². The third kappa shape index (κ3) is 3.61. The van der Waals surface area contributed by atoms with Crippen molar-refractivity contribution in [1.82, 2.24) is 5.32 Å². The number of benzene rings is 1. The molecule has 19 heavy (non-hydrogen) atoms. The molecule has 1 heterocycles. The molecule has 0 spiro atoms. The molecule has 1 amide bonds. The Morgan fingerprint density at radius 1 is 1.37 bits per heavy atom. The van der Waals surface area contributed by atoms with Crippen LogP contribution in [0.1, 0.15) is 30.1 Å². The van der Waals surface area contributed by atoms with Crippen LogP contribution in [0.5, 0.6) is 11.5 Å². The van der Waals surface area contributed by atoms with Gasteiger partial charge in [-0.3, -0.25) is 4.79 Å². The van der Waals surface area contributed by atoms with Crippen LogP contribution in [0.15, 0.2) is 18.2 Å². The third-order valence-electron chi connectivity index (χ3n) is 2.92. The molecule has 0 fully saturated rings. The lowest BCUT2D eigenvalue weighted by molar-refractivity contribution is 0.0909. The highest BCUT2D eigenvalue weighted by atomic mass is 16.6.